The molecule has 0 spiro atoms. The van der Waals surface area contributed by atoms with Crippen molar-refractivity contribution in [3.8, 4) is 0 Å². The fourth-order valence-corrected chi connectivity index (χ4v) is 2.32. The van der Waals surface area contributed by atoms with E-state index in [-0.39, 0.29) is 11.6 Å². The molecule has 0 aliphatic rings. The second kappa shape index (κ2) is 6.72. The van der Waals surface area contributed by atoms with Crippen molar-refractivity contribution >= 4 is 10.0 Å². The van der Waals surface area contributed by atoms with Crippen molar-refractivity contribution in [1.82, 2.24) is 10.0 Å². The van der Waals surface area contributed by atoms with Crippen molar-refractivity contribution in [2.75, 3.05) is 13.1 Å². The van der Waals surface area contributed by atoms with E-state index in [9.17, 15) is 8.42 Å². The monoisotopic (exact) mass is 272 g/mol. The predicted molar refractivity (Wildman–Crippen MR) is 70.7 cm³/mol. The van der Waals surface area contributed by atoms with E-state index in [1.54, 1.807) is 13.0 Å². The Morgan fingerprint density at radius 3 is 2.78 bits per heavy atom. The van der Waals surface area contributed by atoms with Crippen LogP contribution in [0.4, 0.5) is 0 Å². The van der Waals surface area contributed by atoms with Crippen LogP contribution in [0.15, 0.2) is 33.8 Å². The van der Waals surface area contributed by atoms with Crippen molar-refractivity contribution in [1.29, 1.82) is 0 Å². The number of sulfonamides is 1. The lowest BCUT2D eigenvalue weighted by Crippen LogP contribution is -2.24. The Kier molecular flexibility index (Phi) is 5.58. The Bertz CT molecular complexity index is 491. The first-order valence-corrected chi connectivity index (χ1v) is 7.37. The predicted octanol–water partition coefficient (Wildman–Crippen LogP) is 1.63. The van der Waals surface area contributed by atoms with Crippen LogP contribution in [0.1, 0.15) is 26.0 Å². The zero-order valence-corrected chi connectivity index (χ0v) is 11.6. The summed E-state index contributed by atoms with van der Waals surface area (Å²) in [5, 5.41) is 3.08. The topological polar surface area (TPSA) is 71.3 Å². The summed E-state index contributed by atoms with van der Waals surface area (Å²) in [5.74, 6) is 0.610. The molecule has 0 aliphatic heterocycles. The van der Waals surface area contributed by atoms with Crippen LogP contribution in [0.5, 0.6) is 0 Å². The van der Waals surface area contributed by atoms with E-state index in [1.165, 1.54) is 6.07 Å². The maximum absolute atomic E-state index is 11.8. The average Bonchev–Trinajstić information content (AvgIpc) is 2.76. The largest absolute Gasteiger partial charge is 0.447 e. The minimum Gasteiger partial charge on any atom is -0.447 e. The van der Waals surface area contributed by atoms with E-state index < -0.39 is 10.0 Å². The van der Waals surface area contributed by atoms with Gasteiger partial charge in [-0.2, -0.15) is 0 Å². The summed E-state index contributed by atoms with van der Waals surface area (Å²) in [5.41, 5.74) is 0.745. The molecule has 2 N–H and O–H groups in total. The molecule has 6 heteroatoms. The summed E-state index contributed by atoms with van der Waals surface area (Å²) in [7, 11) is -3.57. The molecule has 0 fully saturated rings. The summed E-state index contributed by atoms with van der Waals surface area (Å²) >= 11 is 0. The molecule has 1 aromatic rings. The summed E-state index contributed by atoms with van der Waals surface area (Å²) < 4.78 is 31.3. The Morgan fingerprint density at radius 2 is 2.17 bits per heavy atom. The molecule has 102 valence electrons. The highest BCUT2D eigenvalue weighted by Crippen LogP contribution is 2.13. The Balaban J connectivity index is 2.63. The van der Waals surface area contributed by atoms with Crippen molar-refractivity contribution in [2.24, 2.45) is 0 Å². The fourth-order valence-electron chi connectivity index (χ4n) is 1.28. The summed E-state index contributed by atoms with van der Waals surface area (Å²) in [6, 6.07) is 3.13. The van der Waals surface area contributed by atoms with Gasteiger partial charge in [0.2, 0.25) is 5.09 Å². The molecule has 1 aromatic heterocycles. The minimum atomic E-state index is -3.57. The standard InChI is InChI=1S/C12H20N2O3S/c1-4-7-13-9-11-5-6-12(17-11)18(15,16)14-8-10(2)3/h5-6,13-14H,2,4,7-9H2,1,3H3. The maximum atomic E-state index is 11.8. The molecule has 0 atom stereocenters. The van der Waals surface area contributed by atoms with Gasteiger partial charge in [-0.15, -0.1) is 0 Å². The summed E-state index contributed by atoms with van der Waals surface area (Å²) in [4.78, 5) is 0. The molecule has 1 rings (SSSR count). The van der Waals surface area contributed by atoms with Crippen molar-refractivity contribution in [3.05, 3.63) is 30.0 Å². The van der Waals surface area contributed by atoms with Crippen LogP contribution in [-0.4, -0.2) is 21.5 Å². The molecule has 0 saturated heterocycles. The zero-order chi connectivity index (χ0) is 13.6. The maximum Gasteiger partial charge on any atom is 0.274 e. The van der Waals surface area contributed by atoms with Gasteiger partial charge >= 0.3 is 0 Å². The lowest BCUT2D eigenvalue weighted by atomic mass is 10.4. The van der Waals surface area contributed by atoms with E-state index in [2.05, 4.69) is 23.5 Å². The molecule has 0 aliphatic carbocycles. The van der Waals surface area contributed by atoms with E-state index >= 15 is 0 Å². The van der Waals surface area contributed by atoms with Gasteiger partial charge in [0.1, 0.15) is 5.76 Å². The molecule has 18 heavy (non-hydrogen) atoms. The second-order valence-electron chi connectivity index (χ2n) is 4.18. The SMILES string of the molecule is C=C(C)CNS(=O)(=O)c1ccc(CNCCC)o1. The third-order valence-electron chi connectivity index (χ3n) is 2.19. The van der Waals surface area contributed by atoms with Crippen LogP contribution in [0.3, 0.4) is 0 Å². The smallest absolute Gasteiger partial charge is 0.274 e. The van der Waals surface area contributed by atoms with Gasteiger partial charge in [0.15, 0.2) is 0 Å². The first-order valence-electron chi connectivity index (χ1n) is 5.89. The Labute approximate surface area is 108 Å². The molecular weight excluding hydrogens is 252 g/mol. The molecule has 5 nitrogen and oxygen atoms in total. The molecule has 0 saturated carbocycles. The lowest BCUT2D eigenvalue weighted by Gasteiger charge is -2.03. The highest BCUT2D eigenvalue weighted by atomic mass is 32.2. The normalized spacial score (nSPS) is 11.7. The van der Waals surface area contributed by atoms with Gasteiger partial charge in [-0.25, -0.2) is 13.1 Å². The van der Waals surface area contributed by atoms with Crippen molar-refractivity contribution < 1.29 is 12.8 Å². The van der Waals surface area contributed by atoms with Crippen LogP contribution < -0.4 is 10.0 Å². The van der Waals surface area contributed by atoms with Gasteiger partial charge in [-0.05, 0) is 32.0 Å². The first-order chi connectivity index (χ1) is 8.45. The zero-order valence-electron chi connectivity index (χ0n) is 10.8. The van der Waals surface area contributed by atoms with E-state index in [1.807, 2.05) is 0 Å². The van der Waals surface area contributed by atoms with Crippen LogP contribution in [0.2, 0.25) is 0 Å². The number of hydrogen-bond acceptors (Lipinski definition) is 4. The van der Waals surface area contributed by atoms with Gasteiger partial charge < -0.3 is 9.73 Å². The molecule has 0 amide bonds. The molecule has 1 heterocycles. The number of nitrogens with one attached hydrogen (secondary N) is 2. The molecular formula is C12H20N2O3S. The molecule has 0 aromatic carbocycles. The number of furan rings is 1. The van der Waals surface area contributed by atoms with E-state index in [0.717, 1.165) is 18.5 Å². The number of hydrogen-bond donors (Lipinski definition) is 2. The van der Waals surface area contributed by atoms with Crippen LogP contribution in [0, 0.1) is 0 Å². The Morgan fingerprint density at radius 1 is 1.44 bits per heavy atom. The van der Waals surface area contributed by atoms with Gasteiger partial charge in [0, 0.05) is 6.54 Å². The molecule has 0 unspecified atom stereocenters. The molecule has 0 radical (unpaired) electrons. The molecule has 0 bridgehead atoms. The van der Waals surface area contributed by atoms with Gasteiger partial charge in [-0.1, -0.05) is 19.1 Å². The van der Waals surface area contributed by atoms with Gasteiger partial charge in [0.05, 0.1) is 6.54 Å². The van der Waals surface area contributed by atoms with Crippen LogP contribution >= 0.6 is 0 Å². The average molecular weight is 272 g/mol. The van der Waals surface area contributed by atoms with Crippen LogP contribution in [-0.2, 0) is 16.6 Å². The second-order valence-corrected chi connectivity index (χ2v) is 5.88. The number of rotatable bonds is 8. The van der Waals surface area contributed by atoms with E-state index in [0.29, 0.717) is 12.3 Å². The van der Waals surface area contributed by atoms with Gasteiger partial charge in [0.25, 0.3) is 10.0 Å². The van der Waals surface area contributed by atoms with Crippen LogP contribution in [0.25, 0.3) is 0 Å². The quantitative estimate of drug-likeness (QED) is 0.557. The third-order valence-corrected chi connectivity index (χ3v) is 3.47. The highest BCUT2D eigenvalue weighted by Gasteiger charge is 2.17. The summed E-state index contributed by atoms with van der Waals surface area (Å²) in [6.07, 6.45) is 1.02. The van der Waals surface area contributed by atoms with Gasteiger partial charge in [-0.3, -0.25) is 0 Å². The Hall–Kier alpha value is -1.11. The minimum absolute atomic E-state index is 0.0583. The van der Waals surface area contributed by atoms with Crippen molar-refractivity contribution in [2.45, 2.75) is 31.9 Å². The first kappa shape index (κ1) is 14.9. The fraction of sp³-hybridized carbons (Fsp3) is 0.500. The third kappa shape index (κ3) is 4.64. The lowest BCUT2D eigenvalue weighted by molar-refractivity contribution is 0.400. The van der Waals surface area contributed by atoms with Crippen molar-refractivity contribution in [3.63, 3.8) is 0 Å². The van der Waals surface area contributed by atoms with E-state index in [4.69, 9.17) is 4.42 Å². The highest BCUT2D eigenvalue weighted by molar-refractivity contribution is 7.89. The summed E-state index contributed by atoms with van der Waals surface area (Å²) in [6.45, 7) is 9.07.